The molecule has 1 aliphatic rings. The molecule has 1 saturated carbocycles. The quantitative estimate of drug-likeness (QED) is 0.670. The van der Waals surface area contributed by atoms with Crippen LogP contribution in [0, 0.1) is 11.3 Å². The zero-order valence-electron chi connectivity index (χ0n) is 14.1. The highest BCUT2D eigenvalue weighted by Crippen LogP contribution is 2.29. The molecular formula is C17H30O4. The average Bonchev–Trinajstić information content (AvgIpc) is 2.89. The molecule has 1 atom stereocenters. The van der Waals surface area contributed by atoms with Crippen LogP contribution in [0.5, 0.6) is 0 Å². The largest absolute Gasteiger partial charge is 0.462 e. The van der Waals surface area contributed by atoms with Gasteiger partial charge in [0.1, 0.15) is 6.10 Å². The van der Waals surface area contributed by atoms with Crippen molar-refractivity contribution in [2.75, 3.05) is 0 Å². The minimum absolute atomic E-state index is 0.105. The lowest BCUT2D eigenvalue weighted by atomic mass is 9.87. The number of carbonyl (C=O) groups excluding carboxylic acids is 2. The average molecular weight is 298 g/mol. The lowest BCUT2D eigenvalue weighted by molar-refractivity contribution is -0.160. The summed E-state index contributed by atoms with van der Waals surface area (Å²) in [7, 11) is 0. The summed E-state index contributed by atoms with van der Waals surface area (Å²) < 4.78 is 10.9. The molecule has 1 fully saturated rings. The van der Waals surface area contributed by atoms with Gasteiger partial charge < -0.3 is 9.47 Å². The Morgan fingerprint density at radius 3 is 2.24 bits per heavy atom. The fourth-order valence-corrected chi connectivity index (χ4v) is 2.38. The summed E-state index contributed by atoms with van der Waals surface area (Å²) in [4.78, 5) is 23.8. The fraction of sp³-hybridized carbons (Fsp3) is 0.882. The van der Waals surface area contributed by atoms with Crippen molar-refractivity contribution in [3.8, 4) is 0 Å². The summed E-state index contributed by atoms with van der Waals surface area (Å²) in [6, 6.07) is 0. The highest BCUT2D eigenvalue weighted by Gasteiger charge is 2.32. The van der Waals surface area contributed by atoms with E-state index in [9.17, 15) is 9.59 Å². The van der Waals surface area contributed by atoms with E-state index in [1.807, 2.05) is 34.6 Å². The second-order valence-electron chi connectivity index (χ2n) is 7.14. The Hall–Kier alpha value is -1.06. The number of carbonyl (C=O) groups is 2. The van der Waals surface area contributed by atoms with E-state index in [-0.39, 0.29) is 30.1 Å². The third-order valence-corrected chi connectivity index (χ3v) is 4.09. The van der Waals surface area contributed by atoms with Crippen LogP contribution in [0.2, 0.25) is 0 Å². The van der Waals surface area contributed by atoms with Crippen molar-refractivity contribution in [3.05, 3.63) is 0 Å². The van der Waals surface area contributed by atoms with Crippen molar-refractivity contribution in [1.82, 2.24) is 0 Å². The molecule has 0 aromatic rings. The summed E-state index contributed by atoms with van der Waals surface area (Å²) in [5, 5.41) is 0. The molecule has 1 rings (SSSR count). The van der Waals surface area contributed by atoms with Gasteiger partial charge in [-0.2, -0.15) is 0 Å². The van der Waals surface area contributed by atoms with E-state index in [1.165, 1.54) is 0 Å². The lowest BCUT2D eigenvalue weighted by Crippen LogP contribution is -2.31. The minimum Gasteiger partial charge on any atom is -0.462 e. The lowest BCUT2D eigenvalue weighted by Gasteiger charge is -2.26. The van der Waals surface area contributed by atoms with Crippen LogP contribution in [-0.4, -0.2) is 24.1 Å². The number of hydrogen-bond acceptors (Lipinski definition) is 4. The van der Waals surface area contributed by atoms with Gasteiger partial charge in [-0.1, -0.05) is 13.8 Å². The molecule has 0 amide bonds. The Labute approximate surface area is 128 Å². The Morgan fingerprint density at radius 2 is 1.71 bits per heavy atom. The molecule has 1 unspecified atom stereocenters. The third-order valence-electron chi connectivity index (χ3n) is 4.09. The van der Waals surface area contributed by atoms with Crippen molar-refractivity contribution < 1.29 is 19.1 Å². The van der Waals surface area contributed by atoms with Gasteiger partial charge in [0.15, 0.2) is 0 Å². The maximum absolute atomic E-state index is 12.2. The predicted octanol–water partition coefficient (Wildman–Crippen LogP) is 3.87. The molecule has 1 aliphatic carbocycles. The van der Waals surface area contributed by atoms with Crippen LogP contribution in [0.3, 0.4) is 0 Å². The van der Waals surface area contributed by atoms with E-state index < -0.39 is 5.41 Å². The van der Waals surface area contributed by atoms with Crippen molar-refractivity contribution in [1.29, 1.82) is 0 Å². The van der Waals surface area contributed by atoms with Gasteiger partial charge >= 0.3 is 11.9 Å². The predicted molar refractivity (Wildman–Crippen MR) is 81.8 cm³/mol. The Balaban J connectivity index is 2.36. The van der Waals surface area contributed by atoms with Crippen molar-refractivity contribution in [2.45, 2.75) is 85.4 Å². The van der Waals surface area contributed by atoms with Gasteiger partial charge in [0.05, 0.1) is 17.4 Å². The van der Waals surface area contributed by atoms with Gasteiger partial charge in [-0.3, -0.25) is 9.59 Å². The molecule has 0 aliphatic heterocycles. The van der Waals surface area contributed by atoms with Crippen LogP contribution in [0.25, 0.3) is 0 Å². The van der Waals surface area contributed by atoms with E-state index in [1.54, 1.807) is 0 Å². The van der Waals surface area contributed by atoms with E-state index in [0.29, 0.717) is 12.8 Å². The number of rotatable bonds is 7. The van der Waals surface area contributed by atoms with Gasteiger partial charge in [-0.15, -0.1) is 0 Å². The first-order chi connectivity index (χ1) is 9.72. The maximum atomic E-state index is 12.2. The zero-order valence-corrected chi connectivity index (χ0v) is 14.1. The molecule has 4 nitrogen and oxygen atoms in total. The number of ether oxygens (including phenoxy) is 2. The van der Waals surface area contributed by atoms with Crippen LogP contribution < -0.4 is 0 Å². The topological polar surface area (TPSA) is 52.6 Å². The fourth-order valence-electron chi connectivity index (χ4n) is 2.38. The standard InChI is InChI=1S/C17H30O4/c1-12(2)15(18)20-13(3)10-11-17(4,5)16(19)21-14-8-6-7-9-14/h12-14H,6-11H2,1-5H3. The first-order valence-electron chi connectivity index (χ1n) is 8.14. The van der Waals surface area contributed by atoms with E-state index in [0.717, 1.165) is 25.7 Å². The van der Waals surface area contributed by atoms with E-state index in [2.05, 4.69) is 0 Å². The van der Waals surface area contributed by atoms with Gasteiger partial charge in [0.2, 0.25) is 0 Å². The number of hydrogen-bond donors (Lipinski definition) is 0. The highest BCUT2D eigenvalue weighted by molar-refractivity contribution is 5.76. The summed E-state index contributed by atoms with van der Waals surface area (Å²) >= 11 is 0. The molecule has 0 spiro atoms. The molecule has 0 bridgehead atoms. The molecule has 21 heavy (non-hydrogen) atoms. The van der Waals surface area contributed by atoms with Gasteiger partial charge in [-0.25, -0.2) is 0 Å². The molecule has 0 aromatic heterocycles. The second-order valence-corrected chi connectivity index (χ2v) is 7.14. The molecule has 0 heterocycles. The molecular weight excluding hydrogens is 268 g/mol. The van der Waals surface area contributed by atoms with Crippen molar-refractivity contribution in [3.63, 3.8) is 0 Å². The summed E-state index contributed by atoms with van der Waals surface area (Å²) in [5.74, 6) is -0.432. The van der Waals surface area contributed by atoms with Gasteiger partial charge in [0.25, 0.3) is 0 Å². The van der Waals surface area contributed by atoms with Crippen LogP contribution in [-0.2, 0) is 19.1 Å². The number of esters is 2. The summed E-state index contributed by atoms with van der Waals surface area (Å²) in [6.07, 6.45) is 5.55. The Kier molecular flexibility index (Phi) is 6.69. The third kappa shape index (κ3) is 6.06. The van der Waals surface area contributed by atoms with Crippen LogP contribution >= 0.6 is 0 Å². The first-order valence-corrected chi connectivity index (χ1v) is 8.14. The van der Waals surface area contributed by atoms with Gasteiger partial charge in [-0.05, 0) is 59.3 Å². The molecule has 4 heteroatoms. The zero-order chi connectivity index (χ0) is 16.0. The second kappa shape index (κ2) is 7.81. The SMILES string of the molecule is CC(CCC(C)(C)C(=O)OC1CCCC1)OC(=O)C(C)C. The minimum atomic E-state index is -0.527. The van der Waals surface area contributed by atoms with Crippen LogP contribution in [0.1, 0.15) is 73.1 Å². The Morgan fingerprint density at radius 1 is 1.14 bits per heavy atom. The molecule has 0 aromatic carbocycles. The highest BCUT2D eigenvalue weighted by atomic mass is 16.5. The smallest absolute Gasteiger partial charge is 0.311 e. The molecule has 0 radical (unpaired) electrons. The first kappa shape index (κ1) is 18.0. The molecule has 0 N–H and O–H groups in total. The van der Waals surface area contributed by atoms with Gasteiger partial charge in [0, 0.05) is 0 Å². The van der Waals surface area contributed by atoms with Crippen LogP contribution in [0.4, 0.5) is 0 Å². The van der Waals surface area contributed by atoms with Crippen molar-refractivity contribution in [2.24, 2.45) is 11.3 Å². The van der Waals surface area contributed by atoms with E-state index in [4.69, 9.17) is 9.47 Å². The maximum Gasteiger partial charge on any atom is 0.311 e. The van der Waals surface area contributed by atoms with E-state index >= 15 is 0 Å². The molecule has 0 saturated heterocycles. The summed E-state index contributed by atoms with van der Waals surface area (Å²) in [5.41, 5.74) is -0.527. The monoisotopic (exact) mass is 298 g/mol. The summed E-state index contributed by atoms with van der Waals surface area (Å²) in [6.45, 7) is 9.32. The van der Waals surface area contributed by atoms with Crippen LogP contribution in [0.15, 0.2) is 0 Å². The normalized spacial score (nSPS) is 17.8. The Bertz CT molecular complexity index is 354. The molecule has 122 valence electrons. The van der Waals surface area contributed by atoms with Crippen molar-refractivity contribution >= 4 is 11.9 Å².